The van der Waals surface area contributed by atoms with Crippen molar-refractivity contribution in [1.82, 2.24) is 0 Å². The maximum atomic E-state index is 6.36. The van der Waals surface area contributed by atoms with Crippen molar-refractivity contribution < 1.29 is 4.74 Å². The predicted molar refractivity (Wildman–Crippen MR) is 121 cm³/mol. The third kappa shape index (κ3) is 14.4. The molecule has 0 unspecified atom stereocenters. The molecule has 0 aromatic rings. The zero-order chi connectivity index (χ0) is 19.5. The zero-order valence-corrected chi connectivity index (χ0v) is 21.7. The summed E-state index contributed by atoms with van der Waals surface area (Å²) in [5, 5.41) is 0. The molecule has 0 N–H and O–H groups in total. The van der Waals surface area contributed by atoms with Crippen LogP contribution in [0, 0.1) is 11.8 Å². The van der Waals surface area contributed by atoms with Crippen molar-refractivity contribution >= 4 is 18.4 Å². The van der Waals surface area contributed by atoms with Gasteiger partial charge >= 0.3 is 171 Å². The molecule has 0 aromatic heterocycles. The summed E-state index contributed by atoms with van der Waals surface area (Å²) in [4.78, 5) is 0. The van der Waals surface area contributed by atoms with E-state index < -0.39 is 18.4 Å². The van der Waals surface area contributed by atoms with Gasteiger partial charge in [-0.15, -0.1) is 0 Å². The van der Waals surface area contributed by atoms with Crippen molar-refractivity contribution in [3.05, 3.63) is 0 Å². The van der Waals surface area contributed by atoms with E-state index in [9.17, 15) is 0 Å². The maximum absolute atomic E-state index is 6.36. The van der Waals surface area contributed by atoms with Gasteiger partial charge in [-0.2, -0.15) is 0 Å². The van der Waals surface area contributed by atoms with Crippen LogP contribution in [-0.2, 0) is 4.74 Å². The first kappa shape index (κ1) is 26.3. The summed E-state index contributed by atoms with van der Waals surface area (Å²) in [6.07, 6.45) is 16.1. The Morgan fingerprint density at radius 3 is 1.69 bits per heavy atom. The summed E-state index contributed by atoms with van der Waals surface area (Å²) < 4.78 is 12.1. The summed E-state index contributed by atoms with van der Waals surface area (Å²) in [5.74, 6) is 6.75. The van der Waals surface area contributed by atoms with Crippen molar-refractivity contribution in [1.29, 1.82) is 0 Å². The molecular formula is C24H48OSn. The van der Waals surface area contributed by atoms with Crippen LogP contribution in [0.25, 0.3) is 0 Å². The Balaban J connectivity index is 4.45. The molecule has 26 heavy (non-hydrogen) atoms. The Morgan fingerprint density at radius 2 is 1.19 bits per heavy atom. The van der Waals surface area contributed by atoms with Crippen LogP contribution < -0.4 is 0 Å². The number of rotatable bonds is 17. The first-order chi connectivity index (χ1) is 12.6. The van der Waals surface area contributed by atoms with E-state index in [4.69, 9.17) is 4.74 Å². The van der Waals surface area contributed by atoms with Gasteiger partial charge in [0.25, 0.3) is 0 Å². The van der Waals surface area contributed by atoms with E-state index in [0.717, 1.165) is 11.0 Å². The number of hydrogen-bond acceptors (Lipinski definition) is 1. The molecule has 1 atom stereocenters. The van der Waals surface area contributed by atoms with Gasteiger partial charge in [0.2, 0.25) is 0 Å². The van der Waals surface area contributed by atoms with Crippen LogP contribution in [-0.4, -0.2) is 29.1 Å². The minimum atomic E-state index is -2.13. The summed E-state index contributed by atoms with van der Waals surface area (Å²) in [7, 11) is 0. The van der Waals surface area contributed by atoms with Crippen molar-refractivity contribution in [3.63, 3.8) is 0 Å². The fourth-order valence-corrected chi connectivity index (χ4v) is 18.2. The topological polar surface area (TPSA) is 9.23 Å². The molecule has 0 amide bonds. The van der Waals surface area contributed by atoms with E-state index >= 15 is 0 Å². The van der Waals surface area contributed by atoms with Crippen LogP contribution in [0.2, 0.25) is 13.3 Å². The molecule has 154 valence electrons. The molecule has 0 bridgehead atoms. The molecule has 0 rings (SSSR count). The summed E-state index contributed by atoms with van der Waals surface area (Å²) in [6, 6.07) is 0. The van der Waals surface area contributed by atoms with Gasteiger partial charge in [0.15, 0.2) is 0 Å². The monoisotopic (exact) mass is 472 g/mol. The van der Waals surface area contributed by atoms with Gasteiger partial charge in [0, 0.05) is 0 Å². The third-order valence-electron chi connectivity index (χ3n) is 5.53. The van der Waals surface area contributed by atoms with Crippen LogP contribution in [0.4, 0.5) is 0 Å². The molecule has 0 aliphatic rings. The SMILES string of the molecule is CCCCCCCC#C[C@@H](C)O[CH2][Sn]([CH2]CCC)([CH2]CCC)[CH2]CCC. The van der Waals surface area contributed by atoms with Gasteiger partial charge in [-0.1, -0.05) is 0 Å². The molecule has 0 saturated carbocycles. The van der Waals surface area contributed by atoms with Gasteiger partial charge in [-0.05, 0) is 0 Å². The van der Waals surface area contributed by atoms with Crippen molar-refractivity contribution in [3.8, 4) is 11.8 Å². The molecule has 0 radical (unpaired) electrons. The fraction of sp³-hybridized carbons (Fsp3) is 0.917. The fourth-order valence-electron chi connectivity index (χ4n) is 3.62. The Hall–Kier alpha value is 0.319. The second kappa shape index (κ2) is 18.7. The first-order valence-corrected chi connectivity index (χ1v) is 19.8. The Labute approximate surface area is 170 Å². The normalized spacial score (nSPS) is 12.7. The van der Waals surface area contributed by atoms with Crippen LogP contribution in [0.5, 0.6) is 0 Å². The molecular weight excluding hydrogens is 423 g/mol. The summed E-state index contributed by atoms with van der Waals surface area (Å²) in [5.41, 5.74) is 0. The first-order valence-electron chi connectivity index (χ1n) is 11.7. The number of ether oxygens (including phenoxy) is 1. The van der Waals surface area contributed by atoms with E-state index in [1.807, 2.05) is 0 Å². The van der Waals surface area contributed by atoms with Gasteiger partial charge in [0.1, 0.15) is 0 Å². The number of unbranched alkanes of at least 4 members (excludes halogenated alkanes) is 8. The molecule has 0 fully saturated rings. The molecule has 0 aliphatic carbocycles. The molecule has 0 aromatic carbocycles. The Bertz CT molecular complexity index is 333. The van der Waals surface area contributed by atoms with E-state index in [1.165, 1.54) is 83.9 Å². The van der Waals surface area contributed by atoms with Crippen molar-refractivity contribution in [2.24, 2.45) is 0 Å². The second-order valence-electron chi connectivity index (χ2n) is 8.25. The quantitative estimate of drug-likeness (QED) is 0.118. The summed E-state index contributed by atoms with van der Waals surface area (Å²) in [6.45, 7) is 11.5. The van der Waals surface area contributed by atoms with E-state index in [1.54, 1.807) is 0 Å². The van der Waals surface area contributed by atoms with Crippen LogP contribution in [0.3, 0.4) is 0 Å². The Morgan fingerprint density at radius 1 is 0.692 bits per heavy atom. The van der Waals surface area contributed by atoms with E-state index in [2.05, 4.69) is 46.5 Å². The van der Waals surface area contributed by atoms with E-state index in [0.29, 0.717) is 0 Å². The van der Waals surface area contributed by atoms with Gasteiger partial charge in [0.05, 0.1) is 0 Å². The van der Waals surface area contributed by atoms with Gasteiger partial charge in [-0.25, -0.2) is 0 Å². The molecule has 0 saturated heterocycles. The minimum absolute atomic E-state index is 0.131. The second-order valence-corrected chi connectivity index (χ2v) is 21.9. The molecule has 0 heterocycles. The third-order valence-corrected chi connectivity index (χ3v) is 19.9. The van der Waals surface area contributed by atoms with Crippen molar-refractivity contribution in [2.75, 3.05) is 4.62 Å². The predicted octanol–water partition coefficient (Wildman–Crippen LogP) is 8.14. The van der Waals surface area contributed by atoms with Gasteiger partial charge in [-0.3, -0.25) is 0 Å². The molecule has 1 nitrogen and oxygen atoms in total. The van der Waals surface area contributed by atoms with Crippen LogP contribution in [0.1, 0.15) is 112 Å². The number of hydrogen-bond donors (Lipinski definition) is 0. The molecule has 0 spiro atoms. The zero-order valence-electron chi connectivity index (χ0n) is 18.8. The average molecular weight is 471 g/mol. The molecule has 2 heteroatoms. The standard InChI is InChI=1S/C12H21O.3C4H9.Sn/c1-4-5-6-7-8-9-10-11-12(2)13-3;3*1-3-4-2;/h12H,3-9H2,1-2H3;3*1,3-4H2,2H3;/t12-;;;;/m1..../s1. The van der Waals surface area contributed by atoms with Crippen LogP contribution >= 0.6 is 0 Å². The van der Waals surface area contributed by atoms with Gasteiger partial charge < -0.3 is 0 Å². The Kier molecular flexibility index (Phi) is 18.9. The molecule has 0 aliphatic heterocycles. The van der Waals surface area contributed by atoms with Crippen LogP contribution in [0.15, 0.2) is 0 Å². The summed E-state index contributed by atoms with van der Waals surface area (Å²) >= 11 is -2.13. The average Bonchev–Trinajstić information content (AvgIpc) is 2.66. The van der Waals surface area contributed by atoms with E-state index in [-0.39, 0.29) is 6.10 Å². The van der Waals surface area contributed by atoms with Crippen molar-refractivity contribution in [2.45, 2.75) is 131 Å².